The molecule has 20 heavy (non-hydrogen) atoms. The van der Waals surface area contributed by atoms with Crippen LogP contribution in [0.3, 0.4) is 0 Å². The Bertz CT molecular complexity index is 705. The van der Waals surface area contributed by atoms with E-state index in [1.807, 2.05) is 24.3 Å². The molecule has 0 bridgehead atoms. The lowest BCUT2D eigenvalue weighted by molar-refractivity contribution is 0.876. The summed E-state index contributed by atoms with van der Waals surface area (Å²) in [6.45, 7) is 2.57. The fourth-order valence-electron chi connectivity index (χ4n) is 2.25. The lowest BCUT2D eigenvalue weighted by atomic mass is 10.1. The Morgan fingerprint density at radius 2 is 2.05 bits per heavy atom. The van der Waals surface area contributed by atoms with Crippen LogP contribution in [0.2, 0.25) is 0 Å². The van der Waals surface area contributed by atoms with Gasteiger partial charge < -0.3 is 16.0 Å². The van der Waals surface area contributed by atoms with Crippen LogP contribution in [0, 0.1) is 0 Å². The number of anilines is 1. The van der Waals surface area contributed by atoms with Gasteiger partial charge in [-0.3, -0.25) is 0 Å². The molecule has 102 valence electrons. The third kappa shape index (κ3) is 2.35. The molecule has 5 nitrogen and oxygen atoms in total. The van der Waals surface area contributed by atoms with Gasteiger partial charge in [-0.2, -0.15) is 0 Å². The van der Waals surface area contributed by atoms with Crippen molar-refractivity contribution in [3.05, 3.63) is 54.0 Å². The van der Waals surface area contributed by atoms with E-state index in [1.165, 1.54) is 5.56 Å². The number of nitrogens with zero attached hydrogens (tertiary/aromatic N) is 2. The number of hydrogen-bond donors (Lipinski definition) is 3. The molecule has 0 radical (unpaired) electrons. The summed E-state index contributed by atoms with van der Waals surface area (Å²) in [5, 5.41) is 4.39. The zero-order valence-corrected chi connectivity index (χ0v) is 11.3. The Balaban J connectivity index is 1.92. The van der Waals surface area contributed by atoms with E-state index in [9.17, 15) is 0 Å². The Hall–Kier alpha value is -2.40. The third-order valence-corrected chi connectivity index (χ3v) is 3.35. The molecule has 1 aromatic carbocycles. The normalized spacial score (nSPS) is 12.5. The molecule has 0 aliphatic rings. The maximum atomic E-state index is 5.66. The number of rotatable bonds is 4. The van der Waals surface area contributed by atoms with Crippen molar-refractivity contribution >= 4 is 16.9 Å². The molecule has 0 saturated heterocycles. The van der Waals surface area contributed by atoms with E-state index in [0.29, 0.717) is 6.54 Å². The standard InChI is InChI=1S/C15H17N5/c1-10(11-5-3-2-4-6-11)19-14-13-7-12(8-16)20-15(13)18-9-17-14/h2-7,9-10H,8,16H2,1H3,(H2,17,18,19,20). The van der Waals surface area contributed by atoms with E-state index in [1.54, 1.807) is 6.33 Å². The number of nitrogens with one attached hydrogen (secondary N) is 2. The average Bonchev–Trinajstić information content (AvgIpc) is 2.92. The minimum Gasteiger partial charge on any atom is -0.363 e. The van der Waals surface area contributed by atoms with Gasteiger partial charge in [0.1, 0.15) is 17.8 Å². The van der Waals surface area contributed by atoms with Crippen molar-refractivity contribution in [1.29, 1.82) is 0 Å². The van der Waals surface area contributed by atoms with Crippen molar-refractivity contribution in [3.8, 4) is 0 Å². The van der Waals surface area contributed by atoms with Gasteiger partial charge in [0.15, 0.2) is 0 Å². The molecule has 0 amide bonds. The minimum atomic E-state index is 0.172. The number of benzene rings is 1. The van der Waals surface area contributed by atoms with Crippen molar-refractivity contribution in [3.63, 3.8) is 0 Å². The largest absolute Gasteiger partial charge is 0.363 e. The minimum absolute atomic E-state index is 0.172. The van der Waals surface area contributed by atoms with E-state index in [2.05, 4.69) is 39.3 Å². The van der Waals surface area contributed by atoms with Crippen LogP contribution < -0.4 is 11.1 Å². The van der Waals surface area contributed by atoms with E-state index >= 15 is 0 Å². The van der Waals surface area contributed by atoms with Gasteiger partial charge in [-0.1, -0.05) is 30.3 Å². The molecule has 0 fully saturated rings. The second kappa shape index (κ2) is 5.30. The predicted molar refractivity (Wildman–Crippen MR) is 80.3 cm³/mol. The monoisotopic (exact) mass is 267 g/mol. The van der Waals surface area contributed by atoms with Gasteiger partial charge in [0, 0.05) is 18.3 Å². The Kier molecular flexibility index (Phi) is 3.35. The van der Waals surface area contributed by atoms with Crippen LogP contribution in [0.5, 0.6) is 0 Å². The molecule has 1 unspecified atom stereocenters. The van der Waals surface area contributed by atoms with E-state index in [-0.39, 0.29) is 6.04 Å². The molecule has 0 saturated carbocycles. The third-order valence-electron chi connectivity index (χ3n) is 3.35. The molecule has 0 aliphatic heterocycles. The lowest BCUT2D eigenvalue weighted by Crippen LogP contribution is -2.08. The fraction of sp³-hybridized carbons (Fsp3) is 0.200. The van der Waals surface area contributed by atoms with Crippen molar-refractivity contribution in [1.82, 2.24) is 15.0 Å². The van der Waals surface area contributed by atoms with Gasteiger partial charge in [-0.15, -0.1) is 0 Å². The fourth-order valence-corrected chi connectivity index (χ4v) is 2.25. The summed E-state index contributed by atoms with van der Waals surface area (Å²) in [7, 11) is 0. The van der Waals surface area contributed by atoms with Gasteiger partial charge in [0.2, 0.25) is 0 Å². The summed E-state index contributed by atoms with van der Waals surface area (Å²) in [4.78, 5) is 11.7. The van der Waals surface area contributed by atoms with Crippen LogP contribution in [0.4, 0.5) is 5.82 Å². The lowest BCUT2D eigenvalue weighted by Gasteiger charge is -2.15. The number of fused-ring (bicyclic) bond motifs is 1. The molecule has 3 aromatic rings. The van der Waals surface area contributed by atoms with Crippen LogP contribution in [-0.4, -0.2) is 15.0 Å². The predicted octanol–water partition coefficient (Wildman–Crippen LogP) is 2.59. The van der Waals surface area contributed by atoms with Crippen LogP contribution in [0.25, 0.3) is 11.0 Å². The smallest absolute Gasteiger partial charge is 0.143 e. The zero-order chi connectivity index (χ0) is 13.9. The van der Waals surface area contributed by atoms with Crippen molar-refractivity contribution < 1.29 is 0 Å². The SMILES string of the molecule is CC(Nc1ncnc2[nH]c(CN)cc12)c1ccccc1. The first kappa shape index (κ1) is 12.6. The number of aromatic amines is 1. The topological polar surface area (TPSA) is 79.6 Å². The van der Waals surface area contributed by atoms with Gasteiger partial charge in [0.05, 0.1) is 5.39 Å². The summed E-state index contributed by atoms with van der Waals surface area (Å²) in [6, 6.07) is 12.4. The Morgan fingerprint density at radius 1 is 1.25 bits per heavy atom. The molecular weight excluding hydrogens is 250 g/mol. The quantitative estimate of drug-likeness (QED) is 0.678. The number of H-pyrrole nitrogens is 1. The molecule has 5 heteroatoms. The summed E-state index contributed by atoms with van der Waals surface area (Å²) in [6.07, 6.45) is 1.55. The van der Waals surface area contributed by atoms with Gasteiger partial charge in [0.25, 0.3) is 0 Å². The highest BCUT2D eigenvalue weighted by Crippen LogP contribution is 2.24. The van der Waals surface area contributed by atoms with Gasteiger partial charge in [-0.25, -0.2) is 9.97 Å². The average molecular weight is 267 g/mol. The maximum Gasteiger partial charge on any atom is 0.143 e. The molecule has 1 atom stereocenters. The second-order valence-electron chi connectivity index (χ2n) is 4.76. The van der Waals surface area contributed by atoms with Crippen molar-refractivity contribution in [2.75, 3.05) is 5.32 Å². The summed E-state index contributed by atoms with van der Waals surface area (Å²) >= 11 is 0. The van der Waals surface area contributed by atoms with Crippen LogP contribution in [-0.2, 0) is 6.54 Å². The van der Waals surface area contributed by atoms with Crippen molar-refractivity contribution in [2.45, 2.75) is 19.5 Å². The molecular formula is C15H17N5. The summed E-state index contributed by atoms with van der Waals surface area (Å²) in [5.74, 6) is 0.822. The highest BCUT2D eigenvalue weighted by molar-refractivity contribution is 5.87. The first-order valence-corrected chi connectivity index (χ1v) is 6.62. The van der Waals surface area contributed by atoms with E-state index in [4.69, 9.17) is 5.73 Å². The van der Waals surface area contributed by atoms with Gasteiger partial charge in [-0.05, 0) is 18.6 Å². The first-order chi connectivity index (χ1) is 9.78. The Labute approximate surface area is 117 Å². The first-order valence-electron chi connectivity index (χ1n) is 6.62. The number of nitrogens with two attached hydrogens (primary N) is 1. The molecule has 3 rings (SSSR count). The van der Waals surface area contributed by atoms with E-state index < -0.39 is 0 Å². The van der Waals surface area contributed by atoms with Crippen LogP contribution in [0.15, 0.2) is 42.7 Å². The number of aromatic nitrogens is 3. The van der Waals surface area contributed by atoms with Crippen LogP contribution in [0.1, 0.15) is 24.2 Å². The Morgan fingerprint density at radius 3 is 2.80 bits per heavy atom. The van der Waals surface area contributed by atoms with Crippen molar-refractivity contribution in [2.24, 2.45) is 5.73 Å². The summed E-state index contributed by atoms with van der Waals surface area (Å²) in [5.41, 5.74) is 8.64. The highest BCUT2D eigenvalue weighted by atomic mass is 15.1. The highest BCUT2D eigenvalue weighted by Gasteiger charge is 2.10. The zero-order valence-electron chi connectivity index (χ0n) is 11.3. The molecule has 2 aromatic heterocycles. The molecule has 2 heterocycles. The molecule has 0 spiro atoms. The van der Waals surface area contributed by atoms with Crippen LogP contribution >= 0.6 is 0 Å². The van der Waals surface area contributed by atoms with E-state index in [0.717, 1.165) is 22.5 Å². The van der Waals surface area contributed by atoms with Gasteiger partial charge >= 0.3 is 0 Å². The molecule has 4 N–H and O–H groups in total. The maximum absolute atomic E-state index is 5.66. The summed E-state index contributed by atoms with van der Waals surface area (Å²) < 4.78 is 0. The molecule has 0 aliphatic carbocycles. The second-order valence-corrected chi connectivity index (χ2v) is 4.76. The number of hydrogen-bond acceptors (Lipinski definition) is 4.